The Bertz CT molecular complexity index is 291. The van der Waals surface area contributed by atoms with Gasteiger partial charge in [-0.15, -0.1) is 5.10 Å². The number of hydrogen-bond donors (Lipinski definition) is 1. The van der Waals surface area contributed by atoms with Crippen LogP contribution in [0.2, 0.25) is 0 Å². The minimum absolute atomic E-state index is 0.571. The van der Waals surface area contributed by atoms with E-state index in [4.69, 9.17) is 4.74 Å². The average Bonchev–Trinajstić information content (AvgIpc) is 2.80. The molecule has 1 N–H and O–H groups in total. The zero-order valence-electron chi connectivity index (χ0n) is 10.9. The van der Waals surface area contributed by atoms with Gasteiger partial charge in [0, 0.05) is 25.2 Å². The maximum atomic E-state index is 5.59. The zero-order chi connectivity index (χ0) is 12.3. The van der Waals surface area contributed by atoms with Crippen LogP contribution in [0.15, 0.2) is 0 Å². The number of ether oxygens (including phenoxy) is 1. The van der Waals surface area contributed by atoms with Crippen LogP contribution in [0.3, 0.4) is 0 Å². The van der Waals surface area contributed by atoms with Crippen molar-refractivity contribution in [1.82, 2.24) is 9.59 Å². The molecule has 0 radical (unpaired) electrons. The van der Waals surface area contributed by atoms with Crippen molar-refractivity contribution >= 4 is 16.5 Å². The Balaban J connectivity index is 1.97. The molecule has 1 aromatic heterocycles. The lowest BCUT2D eigenvalue weighted by atomic mass is 10.1. The minimum Gasteiger partial charge on any atom is -0.377 e. The highest BCUT2D eigenvalue weighted by Gasteiger charge is 2.05. The molecule has 0 fully saturated rings. The standard InChI is InChI=1S/C12H23N3OS/c1-3-4-5-6-7-8-9-16-10-11-12(13-2)17-15-14-11/h13H,3-10H2,1-2H3. The summed E-state index contributed by atoms with van der Waals surface area (Å²) in [5.41, 5.74) is 0.920. The number of rotatable bonds is 10. The first-order valence-corrected chi connectivity index (χ1v) is 7.22. The maximum Gasteiger partial charge on any atom is 0.135 e. The molecule has 0 unspecified atom stereocenters. The van der Waals surface area contributed by atoms with Gasteiger partial charge < -0.3 is 10.1 Å². The van der Waals surface area contributed by atoms with Crippen molar-refractivity contribution < 1.29 is 4.74 Å². The number of nitrogens with zero attached hydrogens (tertiary/aromatic N) is 2. The molecule has 0 saturated carbocycles. The van der Waals surface area contributed by atoms with Crippen LogP contribution in [0.25, 0.3) is 0 Å². The maximum absolute atomic E-state index is 5.59. The van der Waals surface area contributed by atoms with Crippen molar-refractivity contribution in [2.45, 2.75) is 52.1 Å². The lowest BCUT2D eigenvalue weighted by molar-refractivity contribution is 0.114. The second-order valence-electron chi connectivity index (χ2n) is 4.12. The molecular formula is C12H23N3OS. The van der Waals surface area contributed by atoms with Crippen LogP contribution in [-0.2, 0) is 11.3 Å². The SMILES string of the molecule is CCCCCCCCOCc1nnsc1NC. The summed E-state index contributed by atoms with van der Waals surface area (Å²) in [6, 6.07) is 0. The highest BCUT2D eigenvalue weighted by atomic mass is 32.1. The molecular weight excluding hydrogens is 234 g/mol. The topological polar surface area (TPSA) is 47.0 Å². The third kappa shape index (κ3) is 5.98. The fourth-order valence-corrected chi connectivity index (χ4v) is 2.16. The summed E-state index contributed by atoms with van der Waals surface area (Å²) in [4.78, 5) is 0. The van der Waals surface area contributed by atoms with E-state index < -0.39 is 0 Å². The van der Waals surface area contributed by atoms with Gasteiger partial charge >= 0.3 is 0 Å². The molecule has 0 bridgehead atoms. The quantitative estimate of drug-likeness (QED) is 0.652. The molecule has 0 aliphatic carbocycles. The molecule has 0 aliphatic rings. The Morgan fingerprint density at radius 1 is 1.18 bits per heavy atom. The molecule has 0 aliphatic heterocycles. The Hall–Kier alpha value is -0.680. The van der Waals surface area contributed by atoms with Crippen molar-refractivity contribution in [3.8, 4) is 0 Å². The molecule has 0 atom stereocenters. The van der Waals surface area contributed by atoms with Crippen molar-refractivity contribution in [2.24, 2.45) is 0 Å². The summed E-state index contributed by atoms with van der Waals surface area (Å²) in [5, 5.41) is 8.10. The minimum atomic E-state index is 0.571. The first-order valence-electron chi connectivity index (χ1n) is 6.45. The van der Waals surface area contributed by atoms with E-state index in [2.05, 4.69) is 21.8 Å². The predicted octanol–water partition coefficient (Wildman–Crippen LogP) is 3.46. The van der Waals surface area contributed by atoms with Crippen LogP contribution in [0, 0.1) is 0 Å². The van der Waals surface area contributed by atoms with Gasteiger partial charge in [0.25, 0.3) is 0 Å². The van der Waals surface area contributed by atoms with Gasteiger partial charge in [-0.25, -0.2) is 0 Å². The zero-order valence-corrected chi connectivity index (χ0v) is 11.7. The molecule has 98 valence electrons. The van der Waals surface area contributed by atoms with Crippen molar-refractivity contribution in [1.29, 1.82) is 0 Å². The van der Waals surface area contributed by atoms with Gasteiger partial charge in [0.2, 0.25) is 0 Å². The molecule has 4 nitrogen and oxygen atoms in total. The van der Waals surface area contributed by atoms with Crippen LogP contribution in [-0.4, -0.2) is 23.2 Å². The second kappa shape index (κ2) is 9.36. The van der Waals surface area contributed by atoms with E-state index in [1.807, 2.05) is 7.05 Å². The largest absolute Gasteiger partial charge is 0.377 e. The summed E-state index contributed by atoms with van der Waals surface area (Å²) < 4.78 is 9.48. The Morgan fingerprint density at radius 2 is 1.94 bits per heavy atom. The monoisotopic (exact) mass is 257 g/mol. The molecule has 5 heteroatoms. The van der Waals surface area contributed by atoms with Gasteiger partial charge in [0.1, 0.15) is 10.7 Å². The smallest absolute Gasteiger partial charge is 0.135 e. The highest BCUT2D eigenvalue weighted by Crippen LogP contribution is 2.17. The summed E-state index contributed by atoms with van der Waals surface area (Å²) in [6.07, 6.45) is 7.77. The van der Waals surface area contributed by atoms with E-state index in [9.17, 15) is 0 Å². The van der Waals surface area contributed by atoms with Crippen LogP contribution in [0.1, 0.15) is 51.1 Å². The van der Waals surface area contributed by atoms with Gasteiger partial charge in [-0.1, -0.05) is 43.5 Å². The van der Waals surface area contributed by atoms with Crippen LogP contribution < -0.4 is 5.32 Å². The first kappa shape index (κ1) is 14.4. The number of hydrogen-bond acceptors (Lipinski definition) is 5. The van der Waals surface area contributed by atoms with Crippen molar-refractivity contribution in [2.75, 3.05) is 19.0 Å². The van der Waals surface area contributed by atoms with Crippen LogP contribution >= 0.6 is 11.5 Å². The van der Waals surface area contributed by atoms with Gasteiger partial charge in [0.05, 0.1) is 6.61 Å². The van der Waals surface area contributed by atoms with Crippen LogP contribution in [0.5, 0.6) is 0 Å². The molecule has 0 amide bonds. The molecule has 1 aromatic rings. The second-order valence-corrected chi connectivity index (χ2v) is 4.87. The number of nitrogens with one attached hydrogen (secondary N) is 1. The van der Waals surface area contributed by atoms with Crippen molar-refractivity contribution in [3.63, 3.8) is 0 Å². The summed E-state index contributed by atoms with van der Waals surface area (Å²) in [5.74, 6) is 0. The Morgan fingerprint density at radius 3 is 2.71 bits per heavy atom. The molecule has 1 rings (SSSR count). The number of aromatic nitrogens is 2. The third-order valence-electron chi connectivity index (χ3n) is 2.66. The molecule has 0 aromatic carbocycles. The lowest BCUT2D eigenvalue weighted by Gasteiger charge is -2.03. The van der Waals surface area contributed by atoms with E-state index in [-0.39, 0.29) is 0 Å². The molecule has 0 saturated heterocycles. The third-order valence-corrected chi connectivity index (χ3v) is 3.45. The summed E-state index contributed by atoms with van der Waals surface area (Å²) >= 11 is 1.37. The van der Waals surface area contributed by atoms with Crippen LogP contribution in [0.4, 0.5) is 5.00 Å². The predicted molar refractivity (Wildman–Crippen MR) is 72.5 cm³/mol. The number of anilines is 1. The fraction of sp³-hybridized carbons (Fsp3) is 0.833. The number of unbranched alkanes of at least 4 members (excludes halogenated alkanes) is 5. The molecule has 1 heterocycles. The lowest BCUT2D eigenvalue weighted by Crippen LogP contribution is -1.99. The Kier molecular flexibility index (Phi) is 7.92. The highest BCUT2D eigenvalue weighted by molar-refractivity contribution is 7.10. The van der Waals surface area contributed by atoms with E-state index in [1.165, 1.54) is 43.6 Å². The average molecular weight is 257 g/mol. The van der Waals surface area contributed by atoms with E-state index in [0.717, 1.165) is 23.7 Å². The first-order chi connectivity index (χ1) is 8.38. The summed E-state index contributed by atoms with van der Waals surface area (Å²) in [6.45, 7) is 3.64. The van der Waals surface area contributed by atoms with Gasteiger partial charge in [-0.3, -0.25) is 0 Å². The molecule has 0 spiro atoms. The fourth-order valence-electron chi connectivity index (χ4n) is 1.65. The Labute approximate surface area is 108 Å². The van der Waals surface area contributed by atoms with Gasteiger partial charge in [0.15, 0.2) is 0 Å². The van der Waals surface area contributed by atoms with Gasteiger partial charge in [-0.2, -0.15) is 0 Å². The summed E-state index contributed by atoms with van der Waals surface area (Å²) in [7, 11) is 1.88. The van der Waals surface area contributed by atoms with Gasteiger partial charge in [-0.05, 0) is 6.42 Å². The van der Waals surface area contributed by atoms with Crippen molar-refractivity contribution in [3.05, 3.63) is 5.69 Å². The molecule has 17 heavy (non-hydrogen) atoms. The normalized spacial score (nSPS) is 10.7. The van der Waals surface area contributed by atoms with E-state index in [1.54, 1.807) is 0 Å². The van der Waals surface area contributed by atoms with E-state index >= 15 is 0 Å². The van der Waals surface area contributed by atoms with E-state index in [0.29, 0.717) is 6.61 Å².